The summed E-state index contributed by atoms with van der Waals surface area (Å²) in [5.74, 6) is -1.07. The van der Waals surface area contributed by atoms with Gasteiger partial charge in [-0.15, -0.1) is 0 Å². The first-order valence-electron chi connectivity index (χ1n) is 6.47. The van der Waals surface area contributed by atoms with E-state index in [-0.39, 0.29) is 17.7 Å². The van der Waals surface area contributed by atoms with Crippen molar-refractivity contribution in [1.82, 2.24) is 0 Å². The van der Waals surface area contributed by atoms with Gasteiger partial charge in [-0.1, -0.05) is 41.9 Å². The van der Waals surface area contributed by atoms with E-state index in [2.05, 4.69) is 26.4 Å². The largest absolute Gasteiger partial charge is 0.409 e. The van der Waals surface area contributed by atoms with Gasteiger partial charge in [0.25, 0.3) is 0 Å². The molecule has 0 aromatic heterocycles. The maximum absolute atomic E-state index is 12.3. The molecule has 0 heterocycles. The molecule has 5 nitrogen and oxygen atoms in total. The molecule has 0 bridgehead atoms. The van der Waals surface area contributed by atoms with Gasteiger partial charge in [0.2, 0.25) is 5.91 Å². The SMILES string of the molecule is CCc1cc(Br)ccc1NC(=O)C(/C(N)=N/O)C(C)C. The van der Waals surface area contributed by atoms with Gasteiger partial charge in [0.15, 0.2) is 5.84 Å². The normalized spacial score (nSPS) is 13.3. The van der Waals surface area contributed by atoms with E-state index in [1.165, 1.54) is 0 Å². The molecule has 20 heavy (non-hydrogen) atoms. The first-order valence-corrected chi connectivity index (χ1v) is 7.26. The van der Waals surface area contributed by atoms with Crippen LogP contribution in [0.1, 0.15) is 26.3 Å². The Balaban J connectivity index is 3.00. The van der Waals surface area contributed by atoms with E-state index in [4.69, 9.17) is 10.9 Å². The van der Waals surface area contributed by atoms with Gasteiger partial charge in [0, 0.05) is 10.2 Å². The van der Waals surface area contributed by atoms with Crippen LogP contribution in [-0.2, 0) is 11.2 Å². The average Bonchev–Trinajstić information content (AvgIpc) is 2.40. The average molecular weight is 342 g/mol. The van der Waals surface area contributed by atoms with Crippen LogP contribution in [0.5, 0.6) is 0 Å². The predicted molar refractivity (Wildman–Crippen MR) is 83.9 cm³/mol. The maximum atomic E-state index is 12.3. The molecule has 0 spiro atoms. The third-order valence-corrected chi connectivity index (χ3v) is 3.58. The lowest BCUT2D eigenvalue weighted by Gasteiger charge is -2.20. The summed E-state index contributed by atoms with van der Waals surface area (Å²) in [4.78, 5) is 12.3. The van der Waals surface area contributed by atoms with E-state index < -0.39 is 5.92 Å². The second-order valence-corrected chi connectivity index (χ2v) is 5.81. The molecule has 1 aromatic carbocycles. The van der Waals surface area contributed by atoms with Gasteiger partial charge < -0.3 is 16.3 Å². The van der Waals surface area contributed by atoms with Gasteiger partial charge >= 0.3 is 0 Å². The number of carbonyl (C=O) groups is 1. The standard InChI is InChI=1S/C14H20BrN3O2/c1-4-9-7-10(15)5-6-11(9)17-14(19)12(8(2)3)13(16)18-20/h5-8,12,20H,4H2,1-3H3,(H2,16,18)(H,17,19). The number of nitrogens with zero attached hydrogens (tertiary/aromatic N) is 1. The molecule has 1 unspecified atom stereocenters. The lowest BCUT2D eigenvalue weighted by Crippen LogP contribution is -2.38. The summed E-state index contributed by atoms with van der Waals surface area (Å²) in [5.41, 5.74) is 7.37. The minimum Gasteiger partial charge on any atom is -0.409 e. The van der Waals surface area contributed by atoms with Crippen LogP contribution in [0.25, 0.3) is 0 Å². The highest BCUT2D eigenvalue weighted by atomic mass is 79.9. The fourth-order valence-corrected chi connectivity index (χ4v) is 2.44. The molecule has 6 heteroatoms. The van der Waals surface area contributed by atoms with Crippen molar-refractivity contribution in [2.45, 2.75) is 27.2 Å². The number of halogens is 1. The number of hydrogen-bond donors (Lipinski definition) is 3. The first kappa shape index (κ1) is 16.5. The second kappa shape index (κ2) is 7.28. The number of nitrogens with one attached hydrogen (secondary N) is 1. The zero-order valence-electron chi connectivity index (χ0n) is 11.9. The molecule has 1 atom stereocenters. The van der Waals surface area contributed by atoms with Crippen molar-refractivity contribution in [3.8, 4) is 0 Å². The molecular weight excluding hydrogens is 322 g/mol. The molecule has 0 saturated heterocycles. The number of rotatable bonds is 5. The summed E-state index contributed by atoms with van der Waals surface area (Å²) < 4.78 is 0.962. The Morgan fingerprint density at radius 1 is 1.50 bits per heavy atom. The second-order valence-electron chi connectivity index (χ2n) is 4.89. The van der Waals surface area contributed by atoms with Gasteiger partial charge in [-0.3, -0.25) is 4.79 Å². The van der Waals surface area contributed by atoms with Crippen LogP contribution in [0.4, 0.5) is 5.69 Å². The van der Waals surface area contributed by atoms with Gasteiger partial charge in [-0.05, 0) is 36.1 Å². The number of anilines is 1. The first-order chi connectivity index (χ1) is 9.40. The Hall–Kier alpha value is -1.56. The highest BCUT2D eigenvalue weighted by Gasteiger charge is 2.27. The van der Waals surface area contributed by atoms with Gasteiger partial charge in [-0.2, -0.15) is 0 Å². The smallest absolute Gasteiger partial charge is 0.235 e. The van der Waals surface area contributed by atoms with Crippen LogP contribution in [0.2, 0.25) is 0 Å². The molecule has 0 aliphatic rings. The van der Waals surface area contributed by atoms with Crippen molar-refractivity contribution in [3.05, 3.63) is 28.2 Å². The molecule has 0 fully saturated rings. The summed E-state index contributed by atoms with van der Waals surface area (Å²) in [6, 6.07) is 5.66. The minimum absolute atomic E-state index is 0.0635. The topological polar surface area (TPSA) is 87.7 Å². The predicted octanol–water partition coefficient (Wildman–Crippen LogP) is 2.97. The highest BCUT2D eigenvalue weighted by molar-refractivity contribution is 9.10. The number of amidine groups is 1. The molecule has 4 N–H and O–H groups in total. The van der Waals surface area contributed by atoms with Crippen molar-refractivity contribution in [3.63, 3.8) is 0 Å². The molecule has 0 aliphatic carbocycles. The zero-order valence-corrected chi connectivity index (χ0v) is 13.4. The third kappa shape index (κ3) is 3.96. The lowest BCUT2D eigenvalue weighted by molar-refractivity contribution is -0.119. The Bertz CT molecular complexity index is 515. The van der Waals surface area contributed by atoms with Crippen molar-refractivity contribution >= 4 is 33.4 Å². The Morgan fingerprint density at radius 2 is 2.15 bits per heavy atom. The summed E-state index contributed by atoms with van der Waals surface area (Å²) in [6.45, 7) is 5.72. The van der Waals surface area contributed by atoms with Gasteiger partial charge in [0.05, 0.1) is 0 Å². The monoisotopic (exact) mass is 341 g/mol. The Kier molecular flexibility index (Phi) is 6.01. The van der Waals surface area contributed by atoms with Crippen molar-refractivity contribution < 1.29 is 10.0 Å². The van der Waals surface area contributed by atoms with Gasteiger partial charge in [0.1, 0.15) is 5.92 Å². The number of oxime groups is 1. The molecule has 1 amide bonds. The fourth-order valence-electron chi connectivity index (χ4n) is 2.03. The van der Waals surface area contributed by atoms with Crippen LogP contribution in [0.15, 0.2) is 27.8 Å². The fraction of sp³-hybridized carbons (Fsp3) is 0.429. The van der Waals surface area contributed by atoms with E-state index in [1.807, 2.05) is 39.0 Å². The van der Waals surface area contributed by atoms with Crippen LogP contribution in [-0.4, -0.2) is 17.0 Å². The molecule has 0 radical (unpaired) electrons. The van der Waals surface area contributed by atoms with E-state index in [0.717, 1.165) is 22.1 Å². The molecule has 110 valence electrons. The number of benzene rings is 1. The number of carbonyl (C=O) groups excluding carboxylic acids is 1. The summed E-state index contributed by atoms with van der Waals surface area (Å²) in [7, 11) is 0. The quantitative estimate of drug-likeness (QED) is 0.333. The summed E-state index contributed by atoms with van der Waals surface area (Å²) in [5, 5.41) is 14.6. The molecule has 0 saturated carbocycles. The number of amides is 1. The minimum atomic E-state index is -0.659. The molecule has 1 aromatic rings. The van der Waals surface area contributed by atoms with Crippen molar-refractivity contribution in [2.75, 3.05) is 5.32 Å². The highest BCUT2D eigenvalue weighted by Crippen LogP contribution is 2.23. The van der Waals surface area contributed by atoms with Crippen LogP contribution < -0.4 is 11.1 Å². The number of hydrogen-bond acceptors (Lipinski definition) is 3. The van der Waals surface area contributed by atoms with Crippen LogP contribution in [0.3, 0.4) is 0 Å². The van der Waals surface area contributed by atoms with E-state index in [9.17, 15) is 4.79 Å². The summed E-state index contributed by atoms with van der Waals surface area (Å²) >= 11 is 3.41. The Morgan fingerprint density at radius 3 is 2.65 bits per heavy atom. The maximum Gasteiger partial charge on any atom is 0.235 e. The Labute approximate surface area is 127 Å². The summed E-state index contributed by atoms with van der Waals surface area (Å²) in [6.07, 6.45) is 0.797. The van der Waals surface area contributed by atoms with Gasteiger partial charge in [-0.25, -0.2) is 0 Å². The van der Waals surface area contributed by atoms with E-state index >= 15 is 0 Å². The van der Waals surface area contributed by atoms with Crippen LogP contribution >= 0.6 is 15.9 Å². The van der Waals surface area contributed by atoms with Crippen molar-refractivity contribution in [1.29, 1.82) is 0 Å². The van der Waals surface area contributed by atoms with E-state index in [0.29, 0.717) is 0 Å². The third-order valence-electron chi connectivity index (χ3n) is 3.09. The molecule has 0 aliphatic heterocycles. The zero-order chi connectivity index (χ0) is 15.3. The van der Waals surface area contributed by atoms with Crippen LogP contribution in [0, 0.1) is 11.8 Å². The molecular formula is C14H20BrN3O2. The molecule has 1 rings (SSSR count). The van der Waals surface area contributed by atoms with Crippen molar-refractivity contribution in [2.24, 2.45) is 22.7 Å². The van der Waals surface area contributed by atoms with E-state index in [1.54, 1.807) is 0 Å². The number of nitrogens with two attached hydrogens (primary N) is 1. The number of aryl methyl sites for hydroxylation is 1. The lowest BCUT2D eigenvalue weighted by atomic mass is 9.93.